The predicted molar refractivity (Wildman–Crippen MR) is 93.5 cm³/mol. The monoisotopic (exact) mass is 337 g/mol. The van der Waals surface area contributed by atoms with Crippen LogP contribution in [-0.2, 0) is 11.3 Å². The minimum absolute atomic E-state index is 0.160. The molecule has 24 heavy (non-hydrogen) atoms. The minimum atomic E-state index is -0.644. The van der Waals surface area contributed by atoms with Crippen LogP contribution in [-0.4, -0.2) is 16.7 Å². The molecule has 2 heterocycles. The Bertz CT molecular complexity index is 1000. The number of benzene rings is 2. The first-order valence-electron chi connectivity index (χ1n) is 7.40. The molecule has 0 saturated carbocycles. The summed E-state index contributed by atoms with van der Waals surface area (Å²) < 4.78 is 0. The highest BCUT2D eigenvalue weighted by Crippen LogP contribution is 2.34. The Balaban J connectivity index is 1.77. The first-order valence-corrected chi connectivity index (χ1v) is 7.78. The fraction of sp³-hybridized carbons (Fsp3) is 0.0556. The first kappa shape index (κ1) is 14.7. The number of Topliss-reactive ketones (excluding diaryl/α,β-unsaturated/α-hetero) is 1. The molecule has 1 aromatic heterocycles. The molecular formula is C18H12ClN3O2. The van der Waals surface area contributed by atoms with Crippen LogP contribution in [0.25, 0.3) is 10.8 Å². The number of carbonyl (C=O) groups is 2. The molecule has 4 rings (SSSR count). The Morgan fingerprint density at radius 1 is 1.04 bits per heavy atom. The normalized spacial score (nSPS) is 13.0. The molecule has 1 aliphatic heterocycles. The second-order valence-corrected chi connectivity index (χ2v) is 5.93. The van der Waals surface area contributed by atoms with Crippen molar-refractivity contribution in [1.82, 2.24) is 4.98 Å². The van der Waals surface area contributed by atoms with E-state index in [0.717, 1.165) is 16.3 Å². The van der Waals surface area contributed by atoms with E-state index in [-0.39, 0.29) is 5.69 Å². The van der Waals surface area contributed by atoms with Crippen molar-refractivity contribution in [2.75, 3.05) is 10.6 Å². The van der Waals surface area contributed by atoms with Crippen molar-refractivity contribution in [3.63, 3.8) is 0 Å². The van der Waals surface area contributed by atoms with Crippen molar-refractivity contribution in [3.8, 4) is 0 Å². The molecule has 118 valence electrons. The number of ketones is 1. The highest BCUT2D eigenvalue weighted by atomic mass is 35.5. The molecule has 0 saturated heterocycles. The summed E-state index contributed by atoms with van der Waals surface area (Å²) >= 11 is 6.00. The van der Waals surface area contributed by atoms with E-state index in [1.807, 2.05) is 48.5 Å². The van der Waals surface area contributed by atoms with E-state index >= 15 is 0 Å². The van der Waals surface area contributed by atoms with Gasteiger partial charge in [0, 0.05) is 22.3 Å². The zero-order valence-electron chi connectivity index (χ0n) is 12.5. The van der Waals surface area contributed by atoms with Gasteiger partial charge in [0.15, 0.2) is 0 Å². The lowest BCUT2D eigenvalue weighted by Gasteiger charge is -2.12. The van der Waals surface area contributed by atoms with Gasteiger partial charge in [0.1, 0.15) is 11.5 Å². The molecule has 5 nitrogen and oxygen atoms in total. The third-order valence-corrected chi connectivity index (χ3v) is 4.16. The maximum atomic E-state index is 12.0. The number of hydrogen-bond donors (Lipinski definition) is 2. The van der Waals surface area contributed by atoms with E-state index < -0.39 is 11.7 Å². The fourth-order valence-corrected chi connectivity index (χ4v) is 3.01. The second-order valence-electron chi connectivity index (χ2n) is 5.50. The van der Waals surface area contributed by atoms with Crippen LogP contribution in [0.5, 0.6) is 0 Å². The van der Waals surface area contributed by atoms with Crippen molar-refractivity contribution >= 4 is 45.6 Å². The molecule has 6 heteroatoms. The van der Waals surface area contributed by atoms with Crippen molar-refractivity contribution in [1.29, 1.82) is 0 Å². The topological polar surface area (TPSA) is 71.1 Å². The molecule has 0 radical (unpaired) electrons. The Kier molecular flexibility index (Phi) is 3.43. The Hall–Kier alpha value is -2.92. The number of nitrogens with zero attached hydrogens (tertiary/aromatic N) is 1. The highest BCUT2D eigenvalue weighted by Gasteiger charge is 2.32. The number of fused-ring (bicyclic) bond motifs is 3. The summed E-state index contributed by atoms with van der Waals surface area (Å²) in [6.07, 6.45) is 0. The molecule has 1 amide bonds. The van der Waals surface area contributed by atoms with Gasteiger partial charge < -0.3 is 10.6 Å². The fourth-order valence-electron chi connectivity index (χ4n) is 2.80. The molecule has 2 aromatic carbocycles. The number of hydrogen-bond acceptors (Lipinski definition) is 4. The Morgan fingerprint density at radius 2 is 1.83 bits per heavy atom. The van der Waals surface area contributed by atoms with Crippen LogP contribution in [0.15, 0.2) is 48.5 Å². The molecule has 1 aliphatic rings. The van der Waals surface area contributed by atoms with Gasteiger partial charge in [0.05, 0.1) is 5.69 Å². The van der Waals surface area contributed by atoms with Gasteiger partial charge in [-0.2, -0.15) is 0 Å². The van der Waals surface area contributed by atoms with Gasteiger partial charge in [-0.15, -0.1) is 0 Å². The second kappa shape index (κ2) is 5.62. The summed E-state index contributed by atoms with van der Waals surface area (Å²) in [6.45, 7) is 0.506. The molecule has 0 bridgehead atoms. The number of anilines is 2. The zero-order chi connectivity index (χ0) is 16.7. The SMILES string of the molecule is O=C1Nc2c(nc(NCc3cccc(Cl)c3)c3ccccc23)C1=O. The van der Waals surface area contributed by atoms with E-state index in [0.29, 0.717) is 23.1 Å². The standard InChI is InChI=1S/C18H12ClN3O2/c19-11-5-3-4-10(8-11)9-20-17-13-7-2-1-6-12(13)14-15(21-17)16(23)18(24)22-14/h1-8H,9H2,(H,20,21)(H,22,23,24). The Labute approximate surface area is 142 Å². The van der Waals surface area contributed by atoms with Gasteiger partial charge in [-0.05, 0) is 17.7 Å². The van der Waals surface area contributed by atoms with Crippen molar-refractivity contribution in [2.45, 2.75) is 6.54 Å². The number of carbonyl (C=O) groups excluding carboxylic acids is 2. The average molecular weight is 338 g/mol. The number of halogens is 1. The lowest BCUT2D eigenvalue weighted by atomic mass is 10.1. The summed E-state index contributed by atoms with van der Waals surface area (Å²) in [5.74, 6) is -0.689. The predicted octanol–water partition coefficient (Wildman–Crippen LogP) is 3.64. The van der Waals surface area contributed by atoms with Crippen LogP contribution in [0.4, 0.5) is 11.5 Å². The van der Waals surface area contributed by atoms with Gasteiger partial charge in [-0.1, -0.05) is 48.0 Å². The molecule has 0 unspecified atom stereocenters. The molecular weight excluding hydrogens is 326 g/mol. The summed E-state index contributed by atoms with van der Waals surface area (Å²) in [5, 5.41) is 8.12. The van der Waals surface area contributed by atoms with Crippen LogP contribution < -0.4 is 10.6 Å². The smallest absolute Gasteiger partial charge is 0.298 e. The van der Waals surface area contributed by atoms with Gasteiger partial charge in [-0.25, -0.2) is 4.98 Å². The van der Waals surface area contributed by atoms with Crippen LogP contribution in [0.1, 0.15) is 16.1 Å². The molecule has 0 fully saturated rings. The number of pyridine rings is 1. The molecule has 3 aromatic rings. The van der Waals surface area contributed by atoms with E-state index in [1.165, 1.54) is 0 Å². The van der Waals surface area contributed by atoms with Crippen molar-refractivity contribution in [2.24, 2.45) is 0 Å². The molecule has 2 N–H and O–H groups in total. The molecule has 0 atom stereocenters. The lowest BCUT2D eigenvalue weighted by molar-refractivity contribution is -0.112. The number of nitrogens with one attached hydrogen (secondary N) is 2. The lowest BCUT2D eigenvalue weighted by Crippen LogP contribution is -2.13. The molecule has 0 aliphatic carbocycles. The minimum Gasteiger partial charge on any atom is -0.365 e. The van der Waals surface area contributed by atoms with Crippen molar-refractivity contribution in [3.05, 3.63) is 64.8 Å². The van der Waals surface area contributed by atoms with Crippen LogP contribution in [0.3, 0.4) is 0 Å². The third kappa shape index (κ3) is 2.39. The van der Waals surface area contributed by atoms with Crippen molar-refractivity contribution < 1.29 is 9.59 Å². The number of amides is 1. The van der Waals surface area contributed by atoms with E-state index in [1.54, 1.807) is 0 Å². The zero-order valence-corrected chi connectivity index (χ0v) is 13.2. The summed E-state index contributed by atoms with van der Waals surface area (Å²) in [7, 11) is 0. The highest BCUT2D eigenvalue weighted by molar-refractivity contribution is 6.52. The maximum absolute atomic E-state index is 12.0. The quantitative estimate of drug-likeness (QED) is 0.716. The Morgan fingerprint density at radius 3 is 2.62 bits per heavy atom. The molecule has 0 spiro atoms. The van der Waals surface area contributed by atoms with Gasteiger partial charge >= 0.3 is 0 Å². The number of rotatable bonds is 3. The number of aromatic nitrogens is 1. The van der Waals surface area contributed by atoms with Crippen LogP contribution >= 0.6 is 11.6 Å². The third-order valence-electron chi connectivity index (χ3n) is 3.92. The summed E-state index contributed by atoms with van der Waals surface area (Å²) in [5.41, 5.74) is 1.63. The maximum Gasteiger partial charge on any atom is 0.298 e. The average Bonchev–Trinajstić information content (AvgIpc) is 2.88. The van der Waals surface area contributed by atoms with Crippen LogP contribution in [0.2, 0.25) is 5.02 Å². The van der Waals surface area contributed by atoms with E-state index in [9.17, 15) is 9.59 Å². The van der Waals surface area contributed by atoms with Gasteiger partial charge in [0.2, 0.25) is 0 Å². The van der Waals surface area contributed by atoms with E-state index in [4.69, 9.17) is 11.6 Å². The van der Waals surface area contributed by atoms with Gasteiger partial charge in [-0.3, -0.25) is 9.59 Å². The van der Waals surface area contributed by atoms with Gasteiger partial charge in [0.25, 0.3) is 11.7 Å². The first-order chi connectivity index (χ1) is 11.6. The summed E-state index contributed by atoms with van der Waals surface area (Å²) in [4.78, 5) is 28.0. The summed E-state index contributed by atoms with van der Waals surface area (Å²) in [6, 6.07) is 15.0. The van der Waals surface area contributed by atoms with E-state index in [2.05, 4.69) is 15.6 Å². The largest absolute Gasteiger partial charge is 0.365 e. The van der Waals surface area contributed by atoms with Crippen LogP contribution in [0, 0.1) is 0 Å².